The number of esters is 1. The monoisotopic (exact) mass is 656 g/mol. The fraction of sp³-hybridized carbons (Fsp3) is 0.514. The van der Waals surface area contributed by atoms with E-state index in [0.717, 1.165) is 0 Å². The molecule has 0 saturated carbocycles. The summed E-state index contributed by atoms with van der Waals surface area (Å²) >= 11 is 0. The first-order valence-corrected chi connectivity index (χ1v) is 15.9. The van der Waals surface area contributed by atoms with Crippen molar-refractivity contribution in [2.75, 3.05) is 59.6 Å². The molecule has 5 rings (SSSR count). The third kappa shape index (κ3) is 11.8. The quantitative estimate of drug-likeness (QED) is 0.0631. The van der Waals surface area contributed by atoms with Crippen molar-refractivity contribution in [3.8, 4) is 23.0 Å². The lowest BCUT2D eigenvalue weighted by atomic mass is 9.93. The highest BCUT2D eigenvalue weighted by Crippen LogP contribution is 2.33. The lowest BCUT2D eigenvalue weighted by Gasteiger charge is -2.19. The molecule has 2 aromatic carbocycles. The van der Waals surface area contributed by atoms with E-state index >= 15 is 0 Å². The average molecular weight is 657 g/mol. The lowest BCUT2D eigenvalue weighted by Crippen LogP contribution is -2.29. The van der Waals surface area contributed by atoms with E-state index in [1.165, 1.54) is 0 Å². The Hall–Kier alpha value is -3.65. The van der Waals surface area contributed by atoms with Crippen molar-refractivity contribution in [3.63, 3.8) is 0 Å². The number of hydrogen-bond acceptors (Lipinski definition) is 12. The molecule has 0 radical (unpaired) electrons. The number of carbonyl (C=O) groups excluding carboxylic acids is 1. The predicted octanol–water partition coefficient (Wildman–Crippen LogP) is 3.09. The largest absolute Gasteiger partial charge is 0.491 e. The zero-order chi connectivity index (χ0) is 33.0. The van der Waals surface area contributed by atoms with Gasteiger partial charge in [0.25, 0.3) is 0 Å². The topological polar surface area (TPSA) is 147 Å². The van der Waals surface area contributed by atoms with Crippen LogP contribution in [0.1, 0.15) is 13.3 Å². The molecule has 2 fully saturated rings. The van der Waals surface area contributed by atoms with Crippen molar-refractivity contribution in [2.45, 2.75) is 43.9 Å². The van der Waals surface area contributed by atoms with Crippen LogP contribution in [-0.4, -0.2) is 106 Å². The summed E-state index contributed by atoms with van der Waals surface area (Å²) in [6.07, 6.45) is 1.95. The van der Waals surface area contributed by atoms with E-state index in [0.29, 0.717) is 61.4 Å². The van der Waals surface area contributed by atoms with Gasteiger partial charge >= 0.3 is 5.97 Å². The highest BCUT2D eigenvalue weighted by molar-refractivity contribution is 5.90. The molecular formula is C35H44O12. The zero-order valence-corrected chi connectivity index (χ0v) is 26.6. The van der Waals surface area contributed by atoms with Crippen LogP contribution in [0.5, 0.6) is 23.0 Å². The van der Waals surface area contributed by atoms with Gasteiger partial charge in [-0.3, -0.25) is 0 Å². The summed E-state index contributed by atoms with van der Waals surface area (Å²) < 4.78 is 49.8. The van der Waals surface area contributed by atoms with E-state index in [-0.39, 0.29) is 57.3 Å². The number of hydrogen-bond donors (Lipinski definition) is 2. The number of aliphatic hydroxyl groups is 2. The third-order valence-corrected chi connectivity index (χ3v) is 7.75. The normalized spacial score (nSPS) is 23.2. The zero-order valence-electron chi connectivity index (χ0n) is 26.6. The van der Waals surface area contributed by atoms with E-state index in [9.17, 15) is 15.0 Å². The van der Waals surface area contributed by atoms with Gasteiger partial charge in [0, 0.05) is 12.1 Å². The Kier molecular flexibility index (Phi) is 12.9. The fourth-order valence-electron chi connectivity index (χ4n) is 4.74. The van der Waals surface area contributed by atoms with Crippen molar-refractivity contribution in [1.29, 1.82) is 0 Å². The SMILES string of the molecule is C=CC(C)C1C=C(C(=O)OCC(O)COc2cccc(OCC3CO3)c2)C(OCOCC(O)COc2cccc(OCC3CO3)c2)C1. The first kappa shape index (κ1) is 34.7. The standard InChI is InChI=1S/C35H44O12/c1-3-23(2)24-10-33(35(38)46-17-26(37)16-41-28-7-5-9-30(13-28)43-19-32-21-45-32)34(11-24)47-22-39-14-25(36)15-40-27-6-4-8-29(12-27)42-18-31-20-44-31/h3-10,12-13,23-26,31-32,34,36-37H,1,11,14-22H2,2H3. The molecule has 3 aliphatic rings. The van der Waals surface area contributed by atoms with Crippen molar-refractivity contribution in [1.82, 2.24) is 0 Å². The average Bonchev–Trinajstić information content (AvgIpc) is 4.04. The van der Waals surface area contributed by atoms with Gasteiger partial charge in [0.15, 0.2) is 0 Å². The summed E-state index contributed by atoms with van der Waals surface area (Å²) in [5.74, 6) is 1.92. The molecule has 256 valence electrons. The number of carbonyl (C=O) groups is 1. The van der Waals surface area contributed by atoms with Gasteiger partial charge in [0.05, 0.1) is 31.5 Å². The number of benzene rings is 2. The van der Waals surface area contributed by atoms with Crippen LogP contribution in [0.15, 0.2) is 72.8 Å². The van der Waals surface area contributed by atoms with Crippen molar-refractivity contribution >= 4 is 5.97 Å². The maximum atomic E-state index is 13.0. The Balaban J connectivity index is 1.01. The highest BCUT2D eigenvalue weighted by atomic mass is 16.7. The molecule has 2 N–H and O–H groups in total. The van der Waals surface area contributed by atoms with E-state index in [4.69, 9.17) is 42.6 Å². The van der Waals surface area contributed by atoms with Gasteiger partial charge in [-0.15, -0.1) is 6.58 Å². The van der Waals surface area contributed by atoms with Crippen LogP contribution in [0.25, 0.3) is 0 Å². The van der Waals surface area contributed by atoms with Crippen LogP contribution in [0.4, 0.5) is 0 Å². The van der Waals surface area contributed by atoms with Gasteiger partial charge < -0.3 is 52.8 Å². The minimum atomic E-state index is -1.05. The maximum absolute atomic E-state index is 13.0. The fourth-order valence-corrected chi connectivity index (χ4v) is 4.74. The molecule has 2 heterocycles. The van der Waals surface area contributed by atoms with Crippen LogP contribution < -0.4 is 18.9 Å². The molecule has 2 aromatic rings. The number of aliphatic hydroxyl groups excluding tert-OH is 2. The Labute approximate surface area is 274 Å². The Bertz CT molecular complexity index is 1320. The number of epoxide rings is 2. The molecular weight excluding hydrogens is 612 g/mol. The van der Waals surface area contributed by atoms with Crippen molar-refractivity contribution < 1.29 is 57.6 Å². The summed E-state index contributed by atoms with van der Waals surface area (Å²) in [6, 6.07) is 14.2. The molecule has 0 amide bonds. The molecule has 2 saturated heterocycles. The van der Waals surface area contributed by atoms with E-state index in [1.807, 2.05) is 37.3 Å². The van der Waals surface area contributed by atoms with Crippen LogP contribution in [0.3, 0.4) is 0 Å². The molecule has 0 bridgehead atoms. The number of ether oxygens (including phenoxy) is 9. The predicted molar refractivity (Wildman–Crippen MR) is 169 cm³/mol. The second-order valence-corrected chi connectivity index (χ2v) is 11.8. The Morgan fingerprint density at radius 1 is 0.872 bits per heavy atom. The Morgan fingerprint density at radius 3 is 1.94 bits per heavy atom. The minimum absolute atomic E-state index is 0.0100. The molecule has 12 nitrogen and oxygen atoms in total. The van der Waals surface area contributed by atoms with Gasteiger partial charge in [-0.2, -0.15) is 0 Å². The van der Waals surface area contributed by atoms with Gasteiger partial charge in [0.2, 0.25) is 0 Å². The van der Waals surface area contributed by atoms with E-state index in [2.05, 4.69) is 6.58 Å². The number of allylic oxidation sites excluding steroid dienone is 2. The van der Waals surface area contributed by atoms with E-state index < -0.39 is 24.3 Å². The van der Waals surface area contributed by atoms with Crippen molar-refractivity contribution in [3.05, 3.63) is 72.8 Å². The first-order valence-electron chi connectivity index (χ1n) is 15.9. The molecule has 7 atom stereocenters. The lowest BCUT2D eigenvalue weighted by molar-refractivity contribution is -0.146. The van der Waals surface area contributed by atoms with Gasteiger partial charge in [-0.1, -0.05) is 31.2 Å². The van der Waals surface area contributed by atoms with Gasteiger partial charge in [-0.25, -0.2) is 4.79 Å². The molecule has 0 spiro atoms. The van der Waals surface area contributed by atoms with Crippen LogP contribution >= 0.6 is 0 Å². The second-order valence-electron chi connectivity index (χ2n) is 11.8. The third-order valence-electron chi connectivity index (χ3n) is 7.75. The minimum Gasteiger partial charge on any atom is -0.491 e. The summed E-state index contributed by atoms with van der Waals surface area (Å²) in [5, 5.41) is 20.8. The molecule has 2 aliphatic heterocycles. The summed E-state index contributed by atoms with van der Waals surface area (Å²) in [5.41, 5.74) is 0.351. The maximum Gasteiger partial charge on any atom is 0.336 e. The summed E-state index contributed by atoms with van der Waals surface area (Å²) in [4.78, 5) is 13.0. The van der Waals surface area contributed by atoms with Crippen molar-refractivity contribution in [2.24, 2.45) is 11.8 Å². The smallest absolute Gasteiger partial charge is 0.336 e. The van der Waals surface area contributed by atoms with Crippen LogP contribution in [0, 0.1) is 11.8 Å². The first-order chi connectivity index (χ1) is 22.9. The van der Waals surface area contributed by atoms with Crippen LogP contribution in [0.2, 0.25) is 0 Å². The summed E-state index contributed by atoms with van der Waals surface area (Å²) in [6.45, 7) is 7.75. The molecule has 1 aliphatic carbocycles. The van der Waals surface area contributed by atoms with Crippen LogP contribution in [-0.2, 0) is 28.5 Å². The van der Waals surface area contributed by atoms with Gasteiger partial charge in [0.1, 0.15) is 87.2 Å². The Morgan fingerprint density at radius 2 is 1.40 bits per heavy atom. The molecule has 0 aromatic heterocycles. The second kappa shape index (κ2) is 17.5. The molecule has 47 heavy (non-hydrogen) atoms. The highest BCUT2D eigenvalue weighted by Gasteiger charge is 2.34. The van der Waals surface area contributed by atoms with E-state index in [1.54, 1.807) is 30.3 Å². The van der Waals surface area contributed by atoms with Gasteiger partial charge in [-0.05, 0) is 42.5 Å². The molecule has 12 heteroatoms. The summed E-state index contributed by atoms with van der Waals surface area (Å²) in [7, 11) is 0. The number of rotatable bonds is 22. The molecule has 7 unspecified atom stereocenters.